The van der Waals surface area contributed by atoms with Gasteiger partial charge in [-0.1, -0.05) is 25.7 Å². The topological polar surface area (TPSA) is 40.5 Å². The molecule has 24 heavy (non-hydrogen) atoms. The maximum atomic E-state index is 11.0. The smallest absolute Gasteiger partial charge is 0.130 e. The predicted octanol–water partition coefficient (Wildman–Crippen LogP) is 3.37. The Hall–Kier alpha value is -0.960. The maximum absolute atomic E-state index is 11.0. The summed E-state index contributed by atoms with van der Waals surface area (Å²) in [5, 5.41) is 21.8. The normalized spacial score (nSPS) is 58.9. The van der Waals surface area contributed by atoms with Crippen LogP contribution in [-0.2, 0) is 0 Å². The monoisotopic (exact) mass is 326 g/mol. The first-order valence-electron chi connectivity index (χ1n) is 9.62. The highest BCUT2D eigenvalue weighted by molar-refractivity contribution is 5.25. The quantitative estimate of drug-likeness (QED) is 0.670. The fraction of sp³-hybridized carbons (Fsp3) is 0.818. The number of fused-ring (bicyclic) bond motifs is 5. The Morgan fingerprint density at radius 3 is 2.29 bits per heavy atom. The Balaban J connectivity index is 1.68. The van der Waals surface area contributed by atoms with Gasteiger partial charge in [0, 0.05) is 5.41 Å². The van der Waals surface area contributed by atoms with Crippen LogP contribution in [0.15, 0.2) is 0 Å². The zero-order valence-corrected chi connectivity index (χ0v) is 15.0. The first kappa shape index (κ1) is 16.5. The number of rotatable bonds is 0. The zero-order chi connectivity index (χ0) is 17.4. The van der Waals surface area contributed by atoms with Crippen molar-refractivity contribution in [1.82, 2.24) is 0 Å². The molecule has 0 aliphatic heterocycles. The maximum Gasteiger partial charge on any atom is 0.130 e. The van der Waals surface area contributed by atoms with Crippen molar-refractivity contribution in [3.63, 3.8) is 0 Å². The highest BCUT2D eigenvalue weighted by Crippen LogP contribution is 2.69. The predicted molar refractivity (Wildman–Crippen MR) is 94.7 cm³/mol. The molecule has 0 heterocycles. The largest absolute Gasteiger partial charge is 0.378 e. The third kappa shape index (κ3) is 1.83. The van der Waals surface area contributed by atoms with Crippen molar-refractivity contribution in [1.29, 1.82) is 0 Å². The van der Waals surface area contributed by atoms with Crippen LogP contribution in [0.2, 0.25) is 0 Å². The Bertz CT molecular complexity index is 641. The SMILES string of the molecule is C#C[C@@]1(O)CC2CCC3C(CC[C@@]4(C)C3CC[C@@]4(O)C#C)[C@@]2(C)C1. The highest BCUT2D eigenvalue weighted by Gasteiger charge is 2.66. The van der Waals surface area contributed by atoms with Crippen LogP contribution < -0.4 is 0 Å². The molecule has 0 aromatic heterocycles. The summed E-state index contributed by atoms with van der Waals surface area (Å²) in [5.74, 6) is 7.70. The number of aliphatic hydroxyl groups is 2. The van der Waals surface area contributed by atoms with E-state index < -0.39 is 11.2 Å². The third-order valence-electron chi connectivity index (χ3n) is 8.98. The van der Waals surface area contributed by atoms with Crippen LogP contribution in [0.3, 0.4) is 0 Å². The summed E-state index contributed by atoms with van der Waals surface area (Å²) in [4.78, 5) is 0. The molecule has 8 atom stereocenters. The van der Waals surface area contributed by atoms with Crippen LogP contribution in [0.25, 0.3) is 0 Å². The van der Waals surface area contributed by atoms with Crippen molar-refractivity contribution in [2.24, 2.45) is 34.5 Å². The lowest BCUT2D eigenvalue weighted by Gasteiger charge is -2.58. The first-order chi connectivity index (χ1) is 11.2. The van der Waals surface area contributed by atoms with Gasteiger partial charge in [-0.15, -0.1) is 12.8 Å². The van der Waals surface area contributed by atoms with E-state index in [4.69, 9.17) is 12.8 Å². The van der Waals surface area contributed by atoms with Gasteiger partial charge in [0.25, 0.3) is 0 Å². The van der Waals surface area contributed by atoms with Crippen LogP contribution >= 0.6 is 0 Å². The molecule has 0 spiro atoms. The van der Waals surface area contributed by atoms with Gasteiger partial charge in [0.05, 0.1) is 0 Å². The van der Waals surface area contributed by atoms with E-state index in [1.54, 1.807) is 0 Å². The minimum Gasteiger partial charge on any atom is -0.378 e. The Labute approximate surface area is 146 Å². The van der Waals surface area contributed by atoms with Crippen molar-refractivity contribution >= 4 is 0 Å². The van der Waals surface area contributed by atoms with Gasteiger partial charge in [0.15, 0.2) is 0 Å². The lowest BCUT2D eigenvalue weighted by molar-refractivity contribution is -0.119. The summed E-state index contributed by atoms with van der Waals surface area (Å²) in [5.41, 5.74) is -1.85. The molecule has 0 radical (unpaired) electrons. The van der Waals surface area contributed by atoms with Gasteiger partial charge in [0.1, 0.15) is 11.2 Å². The molecular weight excluding hydrogens is 296 g/mol. The molecule has 2 nitrogen and oxygen atoms in total. The zero-order valence-electron chi connectivity index (χ0n) is 15.0. The fourth-order valence-corrected chi connectivity index (χ4v) is 7.62. The molecule has 130 valence electrons. The second-order valence-electron chi connectivity index (χ2n) is 9.71. The molecule has 4 rings (SSSR count). The summed E-state index contributed by atoms with van der Waals surface area (Å²) in [6.07, 6.45) is 19.1. The van der Waals surface area contributed by atoms with Crippen molar-refractivity contribution in [2.75, 3.05) is 0 Å². The van der Waals surface area contributed by atoms with Gasteiger partial charge >= 0.3 is 0 Å². The third-order valence-corrected chi connectivity index (χ3v) is 8.98. The number of hydrogen-bond donors (Lipinski definition) is 2. The van der Waals surface area contributed by atoms with E-state index >= 15 is 0 Å². The molecular formula is C22H30O2. The van der Waals surface area contributed by atoms with E-state index in [0.717, 1.165) is 44.9 Å². The van der Waals surface area contributed by atoms with E-state index in [1.807, 2.05) is 0 Å². The standard InChI is InChI=1S/C22H30O2/c1-5-21(23)13-15-7-8-16-17(19(15,3)14-21)9-11-20(4)18(16)10-12-22(20,24)6-2/h1-2,15-18,23-24H,7-14H2,3-4H3/t15?,16?,17?,18?,19-,20-,21+,22-/m0/s1. The van der Waals surface area contributed by atoms with Gasteiger partial charge in [0.2, 0.25) is 0 Å². The van der Waals surface area contributed by atoms with Crippen LogP contribution in [-0.4, -0.2) is 21.4 Å². The van der Waals surface area contributed by atoms with Gasteiger partial charge < -0.3 is 10.2 Å². The van der Waals surface area contributed by atoms with E-state index in [2.05, 4.69) is 25.7 Å². The molecule has 4 saturated carbocycles. The average Bonchev–Trinajstić information content (AvgIpc) is 2.99. The molecule has 0 bridgehead atoms. The molecule has 2 heteroatoms. The molecule has 0 amide bonds. The molecule has 0 aromatic rings. The van der Waals surface area contributed by atoms with Crippen molar-refractivity contribution in [3.05, 3.63) is 0 Å². The highest BCUT2D eigenvalue weighted by atomic mass is 16.3. The summed E-state index contributed by atoms with van der Waals surface area (Å²) < 4.78 is 0. The Morgan fingerprint density at radius 1 is 0.917 bits per heavy atom. The van der Waals surface area contributed by atoms with E-state index in [1.165, 1.54) is 6.42 Å². The molecule has 4 fully saturated rings. The van der Waals surface area contributed by atoms with E-state index in [-0.39, 0.29) is 10.8 Å². The first-order valence-corrected chi connectivity index (χ1v) is 9.62. The Morgan fingerprint density at radius 2 is 1.62 bits per heavy atom. The molecule has 0 saturated heterocycles. The van der Waals surface area contributed by atoms with Crippen molar-refractivity contribution < 1.29 is 10.2 Å². The number of hydrogen-bond acceptors (Lipinski definition) is 2. The van der Waals surface area contributed by atoms with Crippen LogP contribution in [0.5, 0.6) is 0 Å². The molecule has 4 aliphatic rings. The van der Waals surface area contributed by atoms with Gasteiger partial charge in [-0.05, 0) is 80.5 Å². The summed E-state index contributed by atoms with van der Waals surface area (Å²) in [7, 11) is 0. The van der Waals surface area contributed by atoms with E-state index in [9.17, 15) is 10.2 Å². The van der Waals surface area contributed by atoms with Crippen LogP contribution in [0.1, 0.15) is 65.2 Å². The average molecular weight is 326 g/mol. The van der Waals surface area contributed by atoms with Crippen LogP contribution in [0.4, 0.5) is 0 Å². The summed E-state index contributed by atoms with van der Waals surface area (Å²) in [6.45, 7) is 4.59. The van der Waals surface area contributed by atoms with Crippen molar-refractivity contribution in [2.45, 2.75) is 76.4 Å². The summed E-state index contributed by atoms with van der Waals surface area (Å²) >= 11 is 0. The molecule has 2 N–H and O–H groups in total. The molecule has 0 aromatic carbocycles. The van der Waals surface area contributed by atoms with Gasteiger partial charge in [-0.3, -0.25) is 0 Å². The van der Waals surface area contributed by atoms with Crippen LogP contribution in [0, 0.1) is 59.2 Å². The van der Waals surface area contributed by atoms with Gasteiger partial charge in [-0.25, -0.2) is 0 Å². The fourth-order valence-electron chi connectivity index (χ4n) is 7.62. The van der Waals surface area contributed by atoms with Crippen molar-refractivity contribution in [3.8, 4) is 24.7 Å². The lowest BCUT2D eigenvalue weighted by atomic mass is 9.47. The van der Waals surface area contributed by atoms with E-state index in [0.29, 0.717) is 23.7 Å². The molecule has 4 aliphatic carbocycles. The number of terminal acetylenes is 2. The second-order valence-corrected chi connectivity index (χ2v) is 9.71. The minimum atomic E-state index is -0.935. The lowest BCUT2D eigenvalue weighted by Crippen LogP contribution is -2.54. The minimum absolute atomic E-state index is 0.141. The van der Waals surface area contributed by atoms with Gasteiger partial charge in [-0.2, -0.15) is 0 Å². The second kappa shape index (κ2) is 4.81. The molecule has 4 unspecified atom stereocenters. The Kier molecular flexibility index (Phi) is 3.31. The summed E-state index contributed by atoms with van der Waals surface area (Å²) in [6, 6.07) is 0.